The molecule has 1 aliphatic carbocycles. The molecule has 5 fully saturated rings. The second kappa shape index (κ2) is 8.35. The Kier molecular flexibility index (Phi) is 6.44. The van der Waals surface area contributed by atoms with Crippen molar-refractivity contribution < 1.29 is 54.3 Å². The maximum atomic E-state index is 10.6. The number of aliphatic hydroxyl groups excluding tert-OH is 5. The topological polar surface area (TPSA) is 168 Å². The predicted octanol–water partition coefficient (Wildman–Crippen LogP) is -1.85. The molecule has 6 N–H and O–H groups in total. The van der Waals surface area contributed by atoms with Gasteiger partial charge in [-0.05, 0) is 46.5 Å². The van der Waals surface area contributed by atoms with Crippen LogP contribution in [0.1, 0.15) is 46.5 Å². The van der Waals surface area contributed by atoms with Gasteiger partial charge in [0.2, 0.25) is 0 Å². The van der Waals surface area contributed by atoms with E-state index in [0.717, 1.165) is 12.8 Å². The van der Waals surface area contributed by atoms with E-state index in [1.165, 1.54) is 0 Å². The van der Waals surface area contributed by atoms with E-state index in [2.05, 4.69) is 6.92 Å². The second-order valence-electron chi connectivity index (χ2n) is 10.4. The molecule has 0 amide bonds. The van der Waals surface area contributed by atoms with Crippen LogP contribution in [0.25, 0.3) is 0 Å². The highest BCUT2D eigenvalue weighted by Crippen LogP contribution is 2.54. The molecule has 11 nitrogen and oxygen atoms in total. The minimum Gasteiger partial charge on any atom is -0.393 e. The standard InChI is InChI=1S/C21H36O11/c1-18(2)21(6-4-19(3,32-18)5-7-21)31-16-14(25)13(24)12(23)11(30-16)8-28-17-15(26)20(27,9-22)10-29-17/h11-17,22-27H,4-10H2,1-3H3/t11-,12-,13+,14-,15+,16+,17-,19?,20-,21?/m1/s1. The van der Waals surface area contributed by atoms with Gasteiger partial charge in [-0.2, -0.15) is 0 Å². The molecule has 186 valence electrons. The van der Waals surface area contributed by atoms with Crippen molar-refractivity contribution in [3.63, 3.8) is 0 Å². The zero-order valence-corrected chi connectivity index (χ0v) is 18.7. The highest BCUT2D eigenvalue weighted by Gasteiger charge is 2.61. The first-order chi connectivity index (χ1) is 14.9. The average molecular weight is 465 g/mol. The van der Waals surface area contributed by atoms with E-state index in [1.54, 1.807) is 0 Å². The molecule has 8 atom stereocenters. The van der Waals surface area contributed by atoms with Crippen LogP contribution < -0.4 is 0 Å². The molecule has 4 aliphatic heterocycles. The molecule has 0 unspecified atom stereocenters. The Morgan fingerprint density at radius 2 is 1.56 bits per heavy atom. The van der Waals surface area contributed by atoms with E-state index in [0.29, 0.717) is 12.8 Å². The zero-order valence-electron chi connectivity index (χ0n) is 18.7. The van der Waals surface area contributed by atoms with Crippen molar-refractivity contribution in [2.75, 3.05) is 19.8 Å². The van der Waals surface area contributed by atoms with E-state index in [4.69, 9.17) is 23.7 Å². The third-order valence-electron chi connectivity index (χ3n) is 7.73. The van der Waals surface area contributed by atoms with Crippen LogP contribution in [0.4, 0.5) is 0 Å². The van der Waals surface area contributed by atoms with Gasteiger partial charge in [-0.3, -0.25) is 0 Å². The average Bonchev–Trinajstić information content (AvgIpc) is 3.03. The summed E-state index contributed by atoms with van der Waals surface area (Å²) in [6.45, 7) is 4.59. The summed E-state index contributed by atoms with van der Waals surface area (Å²) in [6, 6.07) is 0. The molecule has 0 aromatic heterocycles. The highest BCUT2D eigenvalue weighted by atomic mass is 16.7. The molecule has 0 spiro atoms. The van der Waals surface area contributed by atoms with Crippen molar-refractivity contribution in [2.45, 2.75) is 112 Å². The number of ether oxygens (including phenoxy) is 5. The Morgan fingerprint density at radius 3 is 2.12 bits per heavy atom. The first kappa shape index (κ1) is 24.7. The van der Waals surface area contributed by atoms with Crippen molar-refractivity contribution in [1.29, 1.82) is 0 Å². The molecule has 0 radical (unpaired) electrons. The summed E-state index contributed by atoms with van der Waals surface area (Å²) in [5.41, 5.74) is -3.44. The van der Waals surface area contributed by atoms with Gasteiger partial charge in [-0.1, -0.05) is 0 Å². The molecule has 5 rings (SSSR count). The molecular weight excluding hydrogens is 428 g/mol. The van der Waals surface area contributed by atoms with Gasteiger partial charge >= 0.3 is 0 Å². The fourth-order valence-electron chi connectivity index (χ4n) is 5.35. The summed E-state index contributed by atoms with van der Waals surface area (Å²) in [4.78, 5) is 0. The van der Waals surface area contributed by atoms with Gasteiger partial charge in [0.15, 0.2) is 12.6 Å². The van der Waals surface area contributed by atoms with Crippen LogP contribution >= 0.6 is 0 Å². The van der Waals surface area contributed by atoms with E-state index in [9.17, 15) is 30.6 Å². The van der Waals surface area contributed by atoms with Gasteiger partial charge in [-0.15, -0.1) is 0 Å². The fraction of sp³-hybridized carbons (Fsp3) is 1.00. The zero-order chi connectivity index (χ0) is 23.5. The molecule has 4 heterocycles. The van der Waals surface area contributed by atoms with Gasteiger partial charge in [0.05, 0.1) is 31.0 Å². The Bertz CT molecular complexity index is 679. The Balaban J connectivity index is 1.43. The number of hydrogen-bond acceptors (Lipinski definition) is 11. The van der Waals surface area contributed by atoms with Crippen LogP contribution in [-0.2, 0) is 23.7 Å². The van der Waals surface area contributed by atoms with Gasteiger partial charge in [-0.25, -0.2) is 0 Å². The molecule has 5 aliphatic rings. The normalized spacial score (nSPS) is 53.0. The third kappa shape index (κ3) is 4.01. The van der Waals surface area contributed by atoms with Crippen molar-refractivity contribution >= 4 is 0 Å². The predicted molar refractivity (Wildman–Crippen MR) is 106 cm³/mol. The van der Waals surface area contributed by atoms with Gasteiger partial charge < -0.3 is 54.3 Å². The first-order valence-electron chi connectivity index (χ1n) is 11.2. The molecule has 4 saturated heterocycles. The molecule has 0 aromatic carbocycles. The summed E-state index contributed by atoms with van der Waals surface area (Å²) in [7, 11) is 0. The van der Waals surface area contributed by atoms with E-state index in [1.807, 2.05) is 13.8 Å². The lowest BCUT2D eigenvalue weighted by molar-refractivity contribution is -0.385. The fourth-order valence-corrected chi connectivity index (χ4v) is 5.35. The highest BCUT2D eigenvalue weighted by molar-refractivity contribution is 5.10. The van der Waals surface area contributed by atoms with Crippen LogP contribution in [0.15, 0.2) is 0 Å². The van der Waals surface area contributed by atoms with Crippen molar-refractivity contribution in [3.05, 3.63) is 0 Å². The lowest BCUT2D eigenvalue weighted by Crippen LogP contribution is -2.69. The molecule has 1 saturated carbocycles. The number of hydrogen-bond donors (Lipinski definition) is 6. The first-order valence-corrected chi connectivity index (χ1v) is 11.2. The molecule has 11 heteroatoms. The van der Waals surface area contributed by atoms with Crippen LogP contribution in [0, 0.1) is 0 Å². The van der Waals surface area contributed by atoms with Crippen molar-refractivity contribution in [1.82, 2.24) is 0 Å². The number of fused-ring (bicyclic) bond motifs is 3. The Hall–Kier alpha value is -0.440. The monoisotopic (exact) mass is 464 g/mol. The Morgan fingerprint density at radius 1 is 0.906 bits per heavy atom. The summed E-state index contributed by atoms with van der Waals surface area (Å²) >= 11 is 0. The van der Waals surface area contributed by atoms with Gasteiger partial charge in [0, 0.05) is 0 Å². The number of rotatable bonds is 6. The summed E-state index contributed by atoms with van der Waals surface area (Å²) in [5, 5.41) is 60.8. The summed E-state index contributed by atoms with van der Waals surface area (Å²) < 4.78 is 29.0. The van der Waals surface area contributed by atoms with E-state index >= 15 is 0 Å². The van der Waals surface area contributed by atoms with Gasteiger partial charge in [0.25, 0.3) is 0 Å². The van der Waals surface area contributed by atoms with E-state index < -0.39 is 66.5 Å². The minimum absolute atomic E-state index is 0.217. The minimum atomic E-state index is -1.85. The third-order valence-corrected chi connectivity index (χ3v) is 7.73. The van der Waals surface area contributed by atoms with Crippen LogP contribution in [0.5, 0.6) is 0 Å². The Labute approximate surface area is 186 Å². The molecule has 0 aromatic rings. The summed E-state index contributed by atoms with van der Waals surface area (Å²) in [5.74, 6) is 0. The van der Waals surface area contributed by atoms with Crippen LogP contribution in [0.2, 0.25) is 0 Å². The smallest absolute Gasteiger partial charge is 0.187 e. The van der Waals surface area contributed by atoms with E-state index in [-0.39, 0.29) is 18.8 Å². The van der Waals surface area contributed by atoms with Crippen molar-refractivity contribution in [3.8, 4) is 0 Å². The van der Waals surface area contributed by atoms with Crippen LogP contribution in [-0.4, -0.2) is 116 Å². The molecular formula is C21H36O11. The maximum Gasteiger partial charge on any atom is 0.187 e. The van der Waals surface area contributed by atoms with Crippen molar-refractivity contribution in [2.24, 2.45) is 0 Å². The maximum absolute atomic E-state index is 10.6. The number of aliphatic hydroxyl groups is 6. The largest absolute Gasteiger partial charge is 0.393 e. The second-order valence-corrected chi connectivity index (χ2v) is 10.4. The van der Waals surface area contributed by atoms with Crippen LogP contribution in [0.3, 0.4) is 0 Å². The molecule has 32 heavy (non-hydrogen) atoms. The summed E-state index contributed by atoms with van der Waals surface area (Å²) in [6.07, 6.45) is -6.65. The SMILES string of the molecule is CC12CCC(O[C@@H]3O[C@H](CO[C@@H]4OC[C@](O)(CO)[C@H]4O)[C@@H](O)[C@H](O)[C@H]3O)(CC1)C(C)(C)O2. The van der Waals surface area contributed by atoms with Gasteiger partial charge in [0.1, 0.15) is 41.7 Å². The lowest BCUT2D eigenvalue weighted by Gasteiger charge is -2.61. The molecule has 2 bridgehead atoms. The quantitative estimate of drug-likeness (QED) is 0.261. The lowest BCUT2D eigenvalue weighted by atomic mass is 9.65.